The molecule has 5 atom stereocenters. The van der Waals surface area contributed by atoms with E-state index in [0.29, 0.717) is 6.61 Å². The monoisotopic (exact) mass is 443 g/mol. The van der Waals surface area contributed by atoms with Crippen LogP contribution in [0.3, 0.4) is 0 Å². The van der Waals surface area contributed by atoms with Crippen LogP contribution in [-0.4, -0.2) is 67.0 Å². The highest BCUT2D eigenvalue weighted by molar-refractivity contribution is 6.81. The third-order valence-corrected chi connectivity index (χ3v) is 12.9. The number of hydrogen-bond donors (Lipinski definition) is 1. The van der Waals surface area contributed by atoms with Gasteiger partial charge in [-0.1, -0.05) is 33.9 Å². The highest BCUT2D eigenvalue weighted by Gasteiger charge is 2.68. The molecule has 1 aliphatic carbocycles. The minimum absolute atomic E-state index is 0.0451. The number of ether oxygens (including phenoxy) is 3. The summed E-state index contributed by atoms with van der Waals surface area (Å²) < 4.78 is 16.7. The number of nitrogens with zero attached hydrogens (tertiary/aromatic N) is 1. The van der Waals surface area contributed by atoms with Gasteiger partial charge in [0.05, 0.1) is 33.8 Å². The number of carbonyl (C=O) groups excluding carboxylic acids is 2. The molecule has 2 fully saturated rings. The second kappa shape index (κ2) is 7.78. The quantitative estimate of drug-likeness (QED) is 0.525. The number of amides is 1. The SMILES string of the molecule is COC(=O)C1C(C(O)[Si](C)(C)C(C)(C)C)C1[C@@H]1COC(C)(C)N1C(=O)OC(C)(C)C. The van der Waals surface area contributed by atoms with Crippen LogP contribution in [0.4, 0.5) is 4.79 Å². The molecule has 2 rings (SSSR count). The predicted octanol–water partition coefficient (Wildman–Crippen LogP) is 3.80. The third kappa shape index (κ3) is 4.55. The number of aliphatic hydroxyl groups is 1. The van der Waals surface area contributed by atoms with Gasteiger partial charge in [-0.15, -0.1) is 0 Å². The summed E-state index contributed by atoms with van der Waals surface area (Å²) in [5, 5.41) is 11.4. The van der Waals surface area contributed by atoms with Crippen molar-refractivity contribution >= 4 is 20.1 Å². The van der Waals surface area contributed by atoms with Crippen LogP contribution in [0, 0.1) is 17.8 Å². The Hall–Kier alpha value is -1.12. The normalized spacial score (nSPS) is 30.1. The molecule has 0 aromatic rings. The smallest absolute Gasteiger partial charge is 0.412 e. The number of hydrogen-bond acceptors (Lipinski definition) is 6. The van der Waals surface area contributed by atoms with Crippen molar-refractivity contribution in [1.82, 2.24) is 4.90 Å². The Kier molecular flexibility index (Phi) is 6.52. The van der Waals surface area contributed by atoms with E-state index in [0.717, 1.165) is 0 Å². The summed E-state index contributed by atoms with van der Waals surface area (Å²) in [6.45, 7) is 20.1. The van der Waals surface area contributed by atoms with Crippen LogP contribution < -0.4 is 0 Å². The van der Waals surface area contributed by atoms with Gasteiger partial charge < -0.3 is 19.3 Å². The molecule has 1 aliphatic heterocycles. The number of aliphatic hydroxyl groups excluding tert-OH is 1. The Morgan fingerprint density at radius 1 is 1.17 bits per heavy atom. The zero-order chi connectivity index (χ0) is 23.4. The molecule has 0 radical (unpaired) electrons. The molecular weight excluding hydrogens is 402 g/mol. The minimum Gasteiger partial charge on any atom is -0.469 e. The van der Waals surface area contributed by atoms with Crippen molar-refractivity contribution in [3.8, 4) is 0 Å². The van der Waals surface area contributed by atoms with E-state index in [1.54, 1.807) is 4.90 Å². The minimum atomic E-state index is -2.15. The third-order valence-electron chi connectivity index (χ3n) is 7.20. The first-order valence-corrected chi connectivity index (χ1v) is 13.9. The second-order valence-electron chi connectivity index (χ2n) is 11.8. The number of esters is 1. The molecule has 30 heavy (non-hydrogen) atoms. The maximum atomic E-state index is 13.1. The van der Waals surface area contributed by atoms with Crippen LogP contribution in [0.25, 0.3) is 0 Å². The van der Waals surface area contributed by atoms with Crippen molar-refractivity contribution in [2.75, 3.05) is 13.7 Å². The molecule has 0 aromatic heterocycles. The lowest BCUT2D eigenvalue weighted by Crippen LogP contribution is -2.53. The number of carbonyl (C=O) groups is 2. The summed E-state index contributed by atoms with van der Waals surface area (Å²) in [4.78, 5) is 27.3. The van der Waals surface area contributed by atoms with E-state index in [9.17, 15) is 14.7 Å². The Balaban J connectivity index is 2.38. The van der Waals surface area contributed by atoms with Crippen molar-refractivity contribution in [1.29, 1.82) is 0 Å². The van der Waals surface area contributed by atoms with Crippen LogP contribution in [-0.2, 0) is 19.0 Å². The fraction of sp³-hybridized carbons (Fsp3) is 0.909. The molecule has 8 heteroatoms. The first-order chi connectivity index (χ1) is 13.4. The van der Waals surface area contributed by atoms with Crippen molar-refractivity contribution in [2.24, 2.45) is 17.8 Å². The van der Waals surface area contributed by atoms with Crippen LogP contribution in [0.15, 0.2) is 0 Å². The molecular formula is C22H41NO6Si. The first-order valence-electron chi connectivity index (χ1n) is 10.8. The van der Waals surface area contributed by atoms with E-state index >= 15 is 0 Å². The molecule has 0 bridgehead atoms. The van der Waals surface area contributed by atoms with Gasteiger partial charge in [0.15, 0.2) is 0 Å². The van der Waals surface area contributed by atoms with Crippen molar-refractivity contribution in [2.45, 2.75) is 96.6 Å². The van der Waals surface area contributed by atoms with E-state index in [1.807, 2.05) is 34.6 Å². The molecule has 174 valence electrons. The van der Waals surface area contributed by atoms with E-state index < -0.39 is 37.1 Å². The lowest BCUT2D eigenvalue weighted by molar-refractivity contribution is -0.143. The van der Waals surface area contributed by atoms with Gasteiger partial charge in [-0.25, -0.2) is 4.79 Å². The van der Waals surface area contributed by atoms with Crippen LogP contribution in [0.5, 0.6) is 0 Å². The molecule has 4 unspecified atom stereocenters. The predicted molar refractivity (Wildman–Crippen MR) is 118 cm³/mol. The topological polar surface area (TPSA) is 85.3 Å². The average molecular weight is 444 g/mol. The highest BCUT2D eigenvalue weighted by atomic mass is 28.3. The maximum absolute atomic E-state index is 13.1. The van der Waals surface area contributed by atoms with Gasteiger partial charge >= 0.3 is 12.1 Å². The summed E-state index contributed by atoms with van der Waals surface area (Å²) in [5.41, 5.74) is -2.11. The molecule has 1 N–H and O–H groups in total. The largest absolute Gasteiger partial charge is 0.469 e. The summed E-state index contributed by atoms with van der Waals surface area (Å²) in [5.74, 6) is -1.27. The van der Waals surface area contributed by atoms with E-state index in [1.165, 1.54) is 7.11 Å². The lowest BCUT2D eigenvalue weighted by atomic mass is 10.1. The molecule has 1 saturated heterocycles. The highest BCUT2D eigenvalue weighted by Crippen LogP contribution is 2.58. The fourth-order valence-corrected chi connectivity index (χ4v) is 6.70. The summed E-state index contributed by atoms with van der Waals surface area (Å²) >= 11 is 0. The van der Waals surface area contributed by atoms with Gasteiger partial charge in [0.2, 0.25) is 0 Å². The Labute approximate surface area is 182 Å². The van der Waals surface area contributed by atoms with E-state index in [-0.39, 0.29) is 28.9 Å². The van der Waals surface area contributed by atoms with Crippen LogP contribution in [0.2, 0.25) is 18.1 Å². The zero-order valence-electron chi connectivity index (χ0n) is 20.5. The lowest BCUT2D eigenvalue weighted by Gasteiger charge is -2.41. The van der Waals surface area contributed by atoms with Crippen molar-refractivity contribution < 1.29 is 28.9 Å². The van der Waals surface area contributed by atoms with Gasteiger partial charge in [-0.2, -0.15) is 0 Å². The molecule has 1 amide bonds. The summed E-state index contributed by atoms with van der Waals surface area (Å²) in [7, 11) is -0.784. The van der Waals surface area contributed by atoms with Gasteiger partial charge in [-0.3, -0.25) is 9.69 Å². The van der Waals surface area contributed by atoms with Gasteiger partial charge in [0.1, 0.15) is 11.3 Å². The Morgan fingerprint density at radius 3 is 2.13 bits per heavy atom. The average Bonchev–Trinajstić information content (AvgIpc) is 3.20. The maximum Gasteiger partial charge on any atom is 0.412 e. The van der Waals surface area contributed by atoms with Crippen molar-refractivity contribution in [3.05, 3.63) is 0 Å². The zero-order valence-corrected chi connectivity index (χ0v) is 21.5. The summed E-state index contributed by atoms with van der Waals surface area (Å²) in [6, 6.07) is -0.358. The molecule has 7 nitrogen and oxygen atoms in total. The van der Waals surface area contributed by atoms with Gasteiger partial charge in [-0.05, 0) is 39.7 Å². The number of methoxy groups -OCH3 is 1. The van der Waals surface area contributed by atoms with E-state index in [2.05, 4.69) is 33.9 Å². The molecule has 0 aromatic carbocycles. The summed E-state index contributed by atoms with van der Waals surface area (Å²) in [6.07, 6.45) is -0.467. The van der Waals surface area contributed by atoms with Crippen molar-refractivity contribution in [3.63, 3.8) is 0 Å². The molecule has 0 spiro atoms. The first kappa shape index (κ1) is 25.1. The van der Waals surface area contributed by atoms with Crippen LogP contribution in [0.1, 0.15) is 55.4 Å². The van der Waals surface area contributed by atoms with Gasteiger partial charge in [0, 0.05) is 17.6 Å². The molecule has 2 aliphatic rings. The molecule has 1 heterocycles. The standard InChI is InChI=1S/C22H41NO6Si/c1-20(2,3)29-19(26)23-13(12-28-22(23,7)8)14-15(17(24)27-9)16(14)18(25)30(10,11)21(4,5)6/h13-16,18,25H,12H2,1-11H3/t13-,14?,15?,16?,18?/m0/s1. The second-order valence-corrected chi connectivity index (χ2v) is 17.3. The Morgan fingerprint density at radius 2 is 1.70 bits per heavy atom. The van der Waals surface area contributed by atoms with E-state index in [4.69, 9.17) is 14.2 Å². The number of rotatable bonds is 4. The Bertz CT molecular complexity index is 678. The molecule has 1 saturated carbocycles. The fourth-order valence-electron chi connectivity index (χ4n) is 4.42. The van der Waals surface area contributed by atoms with Gasteiger partial charge in [0.25, 0.3) is 0 Å². The van der Waals surface area contributed by atoms with Crippen LogP contribution >= 0.6 is 0 Å².